The Bertz CT molecular complexity index is 519. The summed E-state index contributed by atoms with van der Waals surface area (Å²) in [7, 11) is 3.93. The van der Waals surface area contributed by atoms with Crippen LogP contribution in [0.4, 0.5) is 0 Å². The molecule has 0 spiro atoms. The number of methoxy groups -OCH3 is 3. The van der Waals surface area contributed by atoms with Crippen molar-refractivity contribution >= 4 is 17.9 Å². The molecule has 0 aliphatic heterocycles. The van der Waals surface area contributed by atoms with Crippen LogP contribution < -0.4 is 0 Å². The van der Waals surface area contributed by atoms with Crippen LogP contribution in [0.25, 0.3) is 0 Å². The first-order valence-electron chi connectivity index (χ1n) is 9.15. The molecule has 140 valence electrons. The summed E-state index contributed by atoms with van der Waals surface area (Å²) in [4.78, 5) is 37.2. The van der Waals surface area contributed by atoms with Gasteiger partial charge in [-0.05, 0) is 61.7 Å². The van der Waals surface area contributed by atoms with Gasteiger partial charge in [-0.3, -0.25) is 14.4 Å². The van der Waals surface area contributed by atoms with Crippen LogP contribution in [-0.4, -0.2) is 39.2 Å². The van der Waals surface area contributed by atoms with Crippen molar-refractivity contribution in [1.82, 2.24) is 0 Å². The summed E-state index contributed by atoms with van der Waals surface area (Å²) in [6.07, 6.45) is 6.35. The lowest BCUT2D eigenvalue weighted by atomic mass is 9.45. The molecule has 0 radical (unpaired) electrons. The Balaban J connectivity index is 1.96. The van der Waals surface area contributed by atoms with Gasteiger partial charge in [-0.1, -0.05) is 0 Å². The van der Waals surface area contributed by atoms with Crippen molar-refractivity contribution in [1.29, 1.82) is 0 Å². The van der Waals surface area contributed by atoms with Crippen molar-refractivity contribution < 1.29 is 28.6 Å². The Kier molecular flexibility index (Phi) is 5.07. The second kappa shape index (κ2) is 6.96. The third kappa shape index (κ3) is 3.27. The van der Waals surface area contributed by atoms with Crippen LogP contribution in [0.1, 0.15) is 44.9 Å². The predicted molar refractivity (Wildman–Crippen MR) is 88.3 cm³/mol. The highest BCUT2D eigenvalue weighted by Gasteiger charge is 2.59. The van der Waals surface area contributed by atoms with Crippen molar-refractivity contribution in [3.05, 3.63) is 0 Å². The van der Waals surface area contributed by atoms with Gasteiger partial charge in [0.1, 0.15) is 0 Å². The van der Waals surface area contributed by atoms with E-state index in [1.807, 2.05) is 0 Å². The Labute approximate surface area is 148 Å². The molecule has 4 aliphatic carbocycles. The summed E-state index contributed by atoms with van der Waals surface area (Å²) in [6.45, 7) is 0. The van der Waals surface area contributed by atoms with E-state index in [0.29, 0.717) is 17.8 Å². The third-order valence-electron chi connectivity index (χ3n) is 6.72. The van der Waals surface area contributed by atoms with Crippen molar-refractivity contribution in [2.75, 3.05) is 21.3 Å². The average molecular weight is 352 g/mol. The molecule has 2 atom stereocenters. The molecule has 0 aromatic rings. The van der Waals surface area contributed by atoms with E-state index >= 15 is 0 Å². The third-order valence-corrected chi connectivity index (χ3v) is 6.72. The molecule has 4 rings (SSSR count). The van der Waals surface area contributed by atoms with E-state index in [0.717, 1.165) is 19.3 Å². The standard InChI is InChI=1S/C19H28O6/c1-23-15(20)7-14(17(21)24-2)16(18(22)25-3)19-8-11-4-12(9-19)6-13(5-11)10-19/h11-14,16H,4-10H2,1-3H3/t11?,12?,13?,14-,16+,19?/m1/s1. The molecule has 0 amide bonds. The lowest BCUT2D eigenvalue weighted by molar-refractivity contribution is -0.178. The Morgan fingerprint density at radius 3 is 1.72 bits per heavy atom. The number of hydrogen-bond acceptors (Lipinski definition) is 6. The minimum absolute atomic E-state index is 0.148. The van der Waals surface area contributed by atoms with E-state index in [1.165, 1.54) is 40.6 Å². The van der Waals surface area contributed by atoms with Gasteiger partial charge in [-0.2, -0.15) is 0 Å². The van der Waals surface area contributed by atoms with Crippen molar-refractivity contribution in [3.8, 4) is 0 Å². The van der Waals surface area contributed by atoms with E-state index in [4.69, 9.17) is 14.2 Å². The first kappa shape index (κ1) is 18.2. The quantitative estimate of drug-likeness (QED) is 0.539. The topological polar surface area (TPSA) is 78.9 Å². The highest BCUT2D eigenvalue weighted by Crippen LogP contribution is 2.64. The predicted octanol–water partition coefficient (Wildman–Crippen LogP) is 2.34. The fraction of sp³-hybridized carbons (Fsp3) is 0.842. The maximum absolute atomic E-state index is 12.8. The summed E-state index contributed by atoms with van der Waals surface area (Å²) in [5, 5.41) is 0. The normalized spacial score (nSPS) is 34.9. The highest BCUT2D eigenvalue weighted by molar-refractivity contribution is 5.86. The maximum Gasteiger partial charge on any atom is 0.310 e. The van der Waals surface area contributed by atoms with Gasteiger partial charge in [-0.15, -0.1) is 0 Å². The maximum atomic E-state index is 12.8. The number of ether oxygens (including phenoxy) is 3. The fourth-order valence-electron chi connectivity index (χ4n) is 6.28. The van der Waals surface area contributed by atoms with Crippen LogP contribution in [0.2, 0.25) is 0 Å². The first-order valence-corrected chi connectivity index (χ1v) is 9.15. The van der Waals surface area contributed by atoms with Crippen molar-refractivity contribution in [2.24, 2.45) is 35.0 Å². The zero-order chi connectivity index (χ0) is 18.2. The van der Waals surface area contributed by atoms with Crippen LogP contribution in [0, 0.1) is 35.0 Å². The number of carbonyl (C=O) groups excluding carboxylic acids is 3. The Hall–Kier alpha value is -1.59. The second-order valence-electron chi connectivity index (χ2n) is 8.19. The molecule has 4 bridgehead atoms. The summed E-state index contributed by atoms with van der Waals surface area (Å²) in [6, 6.07) is 0. The average Bonchev–Trinajstić information content (AvgIpc) is 2.58. The van der Waals surface area contributed by atoms with Crippen molar-refractivity contribution in [2.45, 2.75) is 44.9 Å². The van der Waals surface area contributed by atoms with Crippen LogP contribution in [0.3, 0.4) is 0 Å². The molecule has 25 heavy (non-hydrogen) atoms. The lowest BCUT2D eigenvalue weighted by Crippen LogP contribution is -2.54. The Morgan fingerprint density at radius 2 is 1.32 bits per heavy atom. The van der Waals surface area contributed by atoms with Gasteiger partial charge in [0, 0.05) is 0 Å². The first-order chi connectivity index (χ1) is 11.9. The molecule has 6 heteroatoms. The molecule has 0 N–H and O–H groups in total. The number of hydrogen-bond donors (Lipinski definition) is 0. The zero-order valence-electron chi connectivity index (χ0n) is 15.3. The van der Waals surface area contributed by atoms with Crippen LogP contribution in [0.15, 0.2) is 0 Å². The van der Waals surface area contributed by atoms with Gasteiger partial charge in [0.25, 0.3) is 0 Å². The molecule has 0 aromatic carbocycles. The molecule has 0 saturated heterocycles. The summed E-state index contributed by atoms with van der Waals surface area (Å²) in [5.74, 6) is -1.06. The molecule has 4 saturated carbocycles. The summed E-state index contributed by atoms with van der Waals surface area (Å²) >= 11 is 0. The largest absolute Gasteiger partial charge is 0.469 e. The molecule has 0 heterocycles. The van der Waals surface area contributed by atoms with Gasteiger partial charge in [-0.25, -0.2) is 0 Å². The number of carbonyl (C=O) groups is 3. The minimum Gasteiger partial charge on any atom is -0.469 e. The fourth-order valence-corrected chi connectivity index (χ4v) is 6.28. The summed E-state index contributed by atoms with van der Waals surface area (Å²) in [5.41, 5.74) is -0.255. The molecular formula is C19H28O6. The van der Waals surface area contributed by atoms with Gasteiger partial charge < -0.3 is 14.2 Å². The van der Waals surface area contributed by atoms with Crippen LogP contribution in [-0.2, 0) is 28.6 Å². The second-order valence-corrected chi connectivity index (χ2v) is 8.19. The van der Waals surface area contributed by atoms with E-state index in [9.17, 15) is 14.4 Å². The van der Waals surface area contributed by atoms with Gasteiger partial charge >= 0.3 is 17.9 Å². The molecular weight excluding hydrogens is 324 g/mol. The van der Waals surface area contributed by atoms with E-state index in [-0.39, 0.29) is 11.8 Å². The lowest BCUT2D eigenvalue weighted by Gasteiger charge is -2.59. The van der Waals surface area contributed by atoms with Crippen LogP contribution >= 0.6 is 0 Å². The molecule has 0 unspecified atom stereocenters. The molecule has 4 aliphatic rings. The number of rotatable bonds is 6. The minimum atomic E-state index is -0.846. The van der Waals surface area contributed by atoms with Gasteiger partial charge in [0.05, 0.1) is 39.6 Å². The van der Waals surface area contributed by atoms with E-state index in [2.05, 4.69) is 0 Å². The zero-order valence-corrected chi connectivity index (χ0v) is 15.3. The smallest absolute Gasteiger partial charge is 0.310 e. The van der Waals surface area contributed by atoms with Gasteiger partial charge in [0.2, 0.25) is 0 Å². The van der Waals surface area contributed by atoms with Crippen LogP contribution in [0.5, 0.6) is 0 Å². The SMILES string of the molecule is COC(=O)C[C@@H](C(=O)OC)[C@@H](C(=O)OC)C12CC3CC(CC(C3)C1)C2. The molecule has 0 aromatic heterocycles. The van der Waals surface area contributed by atoms with E-state index in [1.54, 1.807) is 0 Å². The van der Waals surface area contributed by atoms with Crippen molar-refractivity contribution in [3.63, 3.8) is 0 Å². The molecule has 6 nitrogen and oxygen atoms in total. The summed E-state index contributed by atoms with van der Waals surface area (Å²) < 4.78 is 14.8. The molecule has 4 fully saturated rings. The van der Waals surface area contributed by atoms with Gasteiger partial charge in [0.15, 0.2) is 0 Å². The van der Waals surface area contributed by atoms with E-state index < -0.39 is 29.7 Å². The number of esters is 3. The highest BCUT2D eigenvalue weighted by atomic mass is 16.5. The Morgan fingerprint density at radius 1 is 0.840 bits per heavy atom. The monoisotopic (exact) mass is 352 g/mol.